The summed E-state index contributed by atoms with van der Waals surface area (Å²) in [5.41, 5.74) is 7.47. The number of fused-ring (bicyclic) bond motifs is 1. The van der Waals surface area contributed by atoms with Gasteiger partial charge >= 0.3 is 0 Å². The molecular formula is C19H12BrClN4O3S. The molecule has 0 saturated carbocycles. The molecule has 3 amide bonds. The SMILES string of the molecule is NC1=NC(=O)/C(=C2\C(=O)N(CC(=O)Nc3ccc(Cl)cc3)c3ccc(Br)cc32)S1. The molecule has 10 heteroatoms. The second-order valence-corrected chi connectivity index (χ2v) is 8.55. The summed E-state index contributed by atoms with van der Waals surface area (Å²) in [5, 5.41) is 3.36. The van der Waals surface area contributed by atoms with Crippen LogP contribution >= 0.6 is 39.3 Å². The number of aliphatic imine (C=N–C) groups is 1. The second kappa shape index (κ2) is 7.66. The number of carbonyl (C=O) groups excluding carboxylic acids is 3. The first kappa shape index (κ1) is 19.7. The maximum Gasteiger partial charge on any atom is 0.287 e. The van der Waals surface area contributed by atoms with Gasteiger partial charge in [0.15, 0.2) is 5.17 Å². The number of amides is 3. The summed E-state index contributed by atoms with van der Waals surface area (Å²) in [6.45, 7) is -0.220. The Morgan fingerprint density at radius 3 is 2.59 bits per heavy atom. The molecule has 0 unspecified atom stereocenters. The Kier molecular flexibility index (Phi) is 5.20. The van der Waals surface area contributed by atoms with Crippen LogP contribution in [-0.4, -0.2) is 29.4 Å². The van der Waals surface area contributed by atoms with E-state index in [1.807, 2.05) is 0 Å². The molecule has 7 nitrogen and oxygen atoms in total. The highest BCUT2D eigenvalue weighted by molar-refractivity contribution is 9.10. The fourth-order valence-corrected chi connectivity index (χ4v) is 4.29. The minimum absolute atomic E-state index is 0.0841. The van der Waals surface area contributed by atoms with Gasteiger partial charge in [0, 0.05) is 20.7 Å². The zero-order valence-electron chi connectivity index (χ0n) is 14.6. The van der Waals surface area contributed by atoms with Gasteiger partial charge in [-0.1, -0.05) is 27.5 Å². The van der Waals surface area contributed by atoms with Crippen molar-refractivity contribution in [3.05, 3.63) is 62.4 Å². The van der Waals surface area contributed by atoms with E-state index in [0.717, 1.165) is 16.2 Å². The molecular weight excluding hydrogens is 480 g/mol. The van der Waals surface area contributed by atoms with Crippen LogP contribution in [0.3, 0.4) is 0 Å². The highest BCUT2D eigenvalue weighted by atomic mass is 79.9. The monoisotopic (exact) mass is 490 g/mol. The van der Waals surface area contributed by atoms with Crippen molar-refractivity contribution < 1.29 is 14.4 Å². The number of hydrogen-bond acceptors (Lipinski definition) is 5. The largest absolute Gasteiger partial charge is 0.378 e. The van der Waals surface area contributed by atoms with Crippen molar-refractivity contribution >= 4 is 79.1 Å². The summed E-state index contributed by atoms with van der Waals surface area (Å²) in [6.07, 6.45) is 0. The van der Waals surface area contributed by atoms with Gasteiger partial charge in [-0.3, -0.25) is 19.3 Å². The van der Waals surface area contributed by atoms with Crippen LogP contribution in [0, 0.1) is 0 Å². The highest BCUT2D eigenvalue weighted by Crippen LogP contribution is 2.43. The fraction of sp³-hybridized carbons (Fsp3) is 0.0526. The Labute approximate surface area is 183 Å². The lowest BCUT2D eigenvalue weighted by molar-refractivity contribution is -0.118. The molecule has 2 aliphatic rings. The number of hydrogen-bond donors (Lipinski definition) is 2. The van der Waals surface area contributed by atoms with Gasteiger partial charge in [-0.25, -0.2) is 0 Å². The van der Waals surface area contributed by atoms with E-state index >= 15 is 0 Å². The number of benzene rings is 2. The van der Waals surface area contributed by atoms with Crippen LogP contribution in [0.2, 0.25) is 5.02 Å². The lowest BCUT2D eigenvalue weighted by Crippen LogP contribution is -2.35. The number of amidine groups is 1. The molecule has 4 rings (SSSR count). The van der Waals surface area contributed by atoms with Gasteiger partial charge < -0.3 is 11.1 Å². The van der Waals surface area contributed by atoms with Gasteiger partial charge in [0.25, 0.3) is 11.8 Å². The number of anilines is 2. The Morgan fingerprint density at radius 1 is 1.21 bits per heavy atom. The smallest absolute Gasteiger partial charge is 0.287 e. The van der Waals surface area contributed by atoms with Crippen molar-refractivity contribution in [2.24, 2.45) is 10.7 Å². The summed E-state index contributed by atoms with van der Waals surface area (Å²) < 4.78 is 0.735. The van der Waals surface area contributed by atoms with Crippen LogP contribution in [0.1, 0.15) is 5.56 Å². The number of thioether (sulfide) groups is 1. The third-order valence-electron chi connectivity index (χ3n) is 4.25. The van der Waals surface area contributed by atoms with E-state index in [1.165, 1.54) is 4.90 Å². The standard InChI is InChI=1S/C19H12BrClN4O3S/c20-9-1-6-13-12(7-9)15(16-17(27)24-19(22)29-16)18(28)25(13)8-14(26)23-11-4-2-10(21)3-5-11/h1-7H,8H2,(H,23,26)(H2,22,24,27)/b16-15+. The van der Waals surface area contributed by atoms with Crippen molar-refractivity contribution in [3.8, 4) is 0 Å². The second-order valence-electron chi connectivity index (χ2n) is 6.17. The van der Waals surface area contributed by atoms with E-state index in [4.69, 9.17) is 17.3 Å². The van der Waals surface area contributed by atoms with Gasteiger partial charge in [-0.05, 0) is 54.2 Å². The number of rotatable bonds is 3. The molecule has 0 aromatic heterocycles. The first-order chi connectivity index (χ1) is 13.8. The van der Waals surface area contributed by atoms with Crippen molar-refractivity contribution in [3.63, 3.8) is 0 Å². The average molecular weight is 492 g/mol. The van der Waals surface area contributed by atoms with Crippen LogP contribution in [0.25, 0.3) is 5.57 Å². The van der Waals surface area contributed by atoms with E-state index in [2.05, 4.69) is 26.2 Å². The number of nitrogens with one attached hydrogen (secondary N) is 1. The van der Waals surface area contributed by atoms with Gasteiger partial charge in [0.2, 0.25) is 5.91 Å². The van der Waals surface area contributed by atoms with E-state index in [0.29, 0.717) is 22.0 Å². The van der Waals surface area contributed by atoms with Crippen molar-refractivity contribution in [1.82, 2.24) is 0 Å². The normalized spacial score (nSPS) is 18.1. The van der Waals surface area contributed by atoms with Crippen LogP contribution in [0.5, 0.6) is 0 Å². The maximum absolute atomic E-state index is 13.1. The molecule has 2 aliphatic heterocycles. The van der Waals surface area contributed by atoms with Crippen LogP contribution in [0.4, 0.5) is 11.4 Å². The molecule has 2 heterocycles. The predicted molar refractivity (Wildman–Crippen MR) is 118 cm³/mol. The molecule has 0 fully saturated rings. The zero-order chi connectivity index (χ0) is 20.7. The van der Waals surface area contributed by atoms with E-state index < -0.39 is 11.8 Å². The molecule has 0 aliphatic carbocycles. The van der Waals surface area contributed by atoms with E-state index in [-0.39, 0.29) is 28.1 Å². The van der Waals surface area contributed by atoms with Crippen molar-refractivity contribution in [2.45, 2.75) is 0 Å². The Morgan fingerprint density at radius 2 is 1.93 bits per heavy atom. The molecule has 0 atom stereocenters. The number of nitrogens with zero attached hydrogens (tertiary/aromatic N) is 2. The van der Waals surface area contributed by atoms with Gasteiger partial charge in [0.1, 0.15) is 6.54 Å². The molecule has 2 aromatic carbocycles. The van der Waals surface area contributed by atoms with Crippen LogP contribution in [-0.2, 0) is 14.4 Å². The zero-order valence-corrected chi connectivity index (χ0v) is 17.8. The number of halogens is 2. The van der Waals surface area contributed by atoms with Gasteiger partial charge in [-0.2, -0.15) is 4.99 Å². The molecule has 0 radical (unpaired) electrons. The van der Waals surface area contributed by atoms with E-state index in [9.17, 15) is 14.4 Å². The quantitative estimate of drug-likeness (QED) is 0.641. The molecule has 0 bridgehead atoms. The summed E-state index contributed by atoms with van der Waals surface area (Å²) in [5.74, 6) is -1.40. The van der Waals surface area contributed by atoms with Gasteiger partial charge in [0.05, 0.1) is 16.2 Å². The van der Waals surface area contributed by atoms with Crippen molar-refractivity contribution in [1.29, 1.82) is 0 Å². The first-order valence-corrected chi connectivity index (χ1v) is 10.3. The van der Waals surface area contributed by atoms with Crippen LogP contribution < -0.4 is 16.0 Å². The minimum Gasteiger partial charge on any atom is -0.378 e. The highest BCUT2D eigenvalue weighted by Gasteiger charge is 2.39. The van der Waals surface area contributed by atoms with Crippen molar-refractivity contribution in [2.75, 3.05) is 16.8 Å². The third kappa shape index (κ3) is 3.81. The summed E-state index contributed by atoms with van der Waals surface area (Å²) >= 11 is 10.2. The lowest BCUT2D eigenvalue weighted by Gasteiger charge is -2.17. The number of nitrogens with two attached hydrogens (primary N) is 1. The summed E-state index contributed by atoms with van der Waals surface area (Å²) in [4.78, 5) is 43.0. The summed E-state index contributed by atoms with van der Waals surface area (Å²) in [7, 11) is 0. The molecule has 0 saturated heterocycles. The topological polar surface area (TPSA) is 105 Å². The minimum atomic E-state index is -0.561. The molecule has 3 N–H and O–H groups in total. The number of carbonyl (C=O) groups is 3. The van der Waals surface area contributed by atoms with E-state index in [1.54, 1.807) is 42.5 Å². The summed E-state index contributed by atoms with van der Waals surface area (Å²) in [6, 6.07) is 11.8. The fourth-order valence-electron chi connectivity index (χ4n) is 3.04. The average Bonchev–Trinajstić information content (AvgIpc) is 3.12. The van der Waals surface area contributed by atoms with Crippen LogP contribution in [0.15, 0.2) is 56.8 Å². The van der Waals surface area contributed by atoms with Gasteiger partial charge in [-0.15, -0.1) is 0 Å². The molecule has 2 aromatic rings. The Balaban J connectivity index is 1.66. The Hall–Kier alpha value is -2.62. The first-order valence-electron chi connectivity index (χ1n) is 8.31. The third-order valence-corrected chi connectivity index (χ3v) is 5.88. The predicted octanol–water partition coefficient (Wildman–Crippen LogP) is 3.39. The maximum atomic E-state index is 13.1. The lowest BCUT2D eigenvalue weighted by atomic mass is 10.1. The molecule has 0 spiro atoms. The molecule has 146 valence electrons. The Bertz CT molecular complexity index is 1130. The molecule has 29 heavy (non-hydrogen) atoms.